The monoisotopic (exact) mass is 262 g/mol. The molecule has 2 rings (SSSR count). The fraction of sp³-hybridized carbons (Fsp3) is 0.688. The van der Waals surface area contributed by atoms with Crippen LogP contribution in [0.25, 0.3) is 0 Å². The molecule has 1 fully saturated rings. The molecule has 0 saturated heterocycles. The third-order valence-electron chi connectivity index (χ3n) is 4.23. The molecule has 19 heavy (non-hydrogen) atoms. The Hall–Kier alpha value is -1.25. The summed E-state index contributed by atoms with van der Waals surface area (Å²) in [4.78, 5) is 4.25. The first-order chi connectivity index (χ1) is 9.19. The van der Waals surface area contributed by atoms with Gasteiger partial charge in [-0.25, -0.2) is 0 Å². The van der Waals surface area contributed by atoms with Crippen molar-refractivity contribution in [1.29, 1.82) is 0 Å². The number of methoxy groups -OCH3 is 1. The molecule has 1 aliphatic carbocycles. The number of ether oxygens (including phenoxy) is 1. The van der Waals surface area contributed by atoms with Crippen molar-refractivity contribution in [2.24, 2.45) is 11.8 Å². The highest BCUT2D eigenvalue weighted by molar-refractivity contribution is 5.55. The summed E-state index contributed by atoms with van der Waals surface area (Å²) in [7, 11) is 1.69. The number of nitrogens with zero attached hydrogens (tertiary/aromatic N) is 1. The van der Waals surface area contributed by atoms with Gasteiger partial charge in [-0.3, -0.25) is 4.98 Å². The molecular formula is C16H26N2O. The normalized spacial score (nSPS) is 23.1. The third kappa shape index (κ3) is 4.12. The summed E-state index contributed by atoms with van der Waals surface area (Å²) < 4.78 is 5.33. The zero-order valence-electron chi connectivity index (χ0n) is 12.4. The van der Waals surface area contributed by atoms with Crippen LogP contribution in [0.5, 0.6) is 5.75 Å². The Morgan fingerprint density at radius 3 is 2.74 bits per heavy atom. The van der Waals surface area contributed by atoms with E-state index in [4.69, 9.17) is 4.74 Å². The van der Waals surface area contributed by atoms with E-state index >= 15 is 0 Å². The molecule has 0 aliphatic heterocycles. The van der Waals surface area contributed by atoms with E-state index in [0.717, 1.165) is 35.5 Å². The van der Waals surface area contributed by atoms with Crippen molar-refractivity contribution in [1.82, 2.24) is 4.98 Å². The summed E-state index contributed by atoms with van der Waals surface area (Å²) >= 11 is 0. The van der Waals surface area contributed by atoms with Crippen LogP contribution in [0, 0.1) is 18.8 Å². The van der Waals surface area contributed by atoms with E-state index < -0.39 is 0 Å². The van der Waals surface area contributed by atoms with Gasteiger partial charge in [0.05, 0.1) is 19.0 Å². The molecule has 3 heteroatoms. The minimum atomic E-state index is 0.836. The number of aromatic nitrogens is 1. The highest BCUT2D eigenvalue weighted by Gasteiger charge is 2.17. The summed E-state index contributed by atoms with van der Waals surface area (Å²) in [6.07, 6.45) is 8.66. The number of hydrogen-bond acceptors (Lipinski definition) is 3. The maximum absolute atomic E-state index is 5.33. The second-order valence-corrected chi connectivity index (χ2v) is 5.87. The fourth-order valence-corrected chi connectivity index (χ4v) is 2.88. The van der Waals surface area contributed by atoms with Crippen LogP contribution in [0.15, 0.2) is 12.3 Å². The van der Waals surface area contributed by atoms with E-state index in [-0.39, 0.29) is 0 Å². The molecular weight excluding hydrogens is 236 g/mol. The van der Waals surface area contributed by atoms with Crippen LogP contribution in [0.4, 0.5) is 5.69 Å². The van der Waals surface area contributed by atoms with Crippen molar-refractivity contribution < 1.29 is 4.74 Å². The minimum absolute atomic E-state index is 0.836. The predicted molar refractivity (Wildman–Crippen MR) is 79.8 cm³/mol. The van der Waals surface area contributed by atoms with E-state index in [9.17, 15) is 0 Å². The standard InChI is InChI=1S/C16H26N2O/c1-12-4-6-14(7-5-12)8-9-17-15-10-13(2)18-11-16(15)19-3/h10-12,14H,4-9H2,1-3H3,(H,17,18). The summed E-state index contributed by atoms with van der Waals surface area (Å²) in [5.74, 6) is 2.67. The predicted octanol–water partition coefficient (Wildman–Crippen LogP) is 4.03. The average molecular weight is 262 g/mol. The van der Waals surface area contributed by atoms with Gasteiger partial charge in [0, 0.05) is 12.2 Å². The SMILES string of the molecule is COc1cnc(C)cc1NCCC1CCC(C)CC1. The summed E-state index contributed by atoms with van der Waals surface area (Å²) in [5, 5.41) is 3.50. The molecule has 1 aromatic heterocycles. The van der Waals surface area contributed by atoms with Crippen LogP contribution in [0.1, 0.15) is 44.7 Å². The Bertz CT molecular complexity index is 398. The second kappa shape index (κ2) is 6.78. The fourth-order valence-electron chi connectivity index (χ4n) is 2.88. The highest BCUT2D eigenvalue weighted by Crippen LogP contribution is 2.30. The van der Waals surface area contributed by atoms with Crippen molar-refractivity contribution in [2.75, 3.05) is 19.0 Å². The number of anilines is 1. The van der Waals surface area contributed by atoms with E-state index in [1.54, 1.807) is 13.3 Å². The van der Waals surface area contributed by atoms with Crippen molar-refractivity contribution in [2.45, 2.75) is 46.0 Å². The van der Waals surface area contributed by atoms with E-state index in [2.05, 4.69) is 23.3 Å². The highest BCUT2D eigenvalue weighted by atomic mass is 16.5. The number of nitrogens with one attached hydrogen (secondary N) is 1. The van der Waals surface area contributed by atoms with Crippen LogP contribution in [0.3, 0.4) is 0 Å². The Kier molecular flexibility index (Phi) is 5.06. The molecule has 1 heterocycles. The largest absolute Gasteiger partial charge is 0.493 e. The zero-order chi connectivity index (χ0) is 13.7. The number of hydrogen-bond donors (Lipinski definition) is 1. The minimum Gasteiger partial charge on any atom is -0.493 e. The van der Waals surface area contributed by atoms with Gasteiger partial charge in [-0.05, 0) is 31.2 Å². The van der Waals surface area contributed by atoms with Crippen LogP contribution in [0.2, 0.25) is 0 Å². The zero-order valence-corrected chi connectivity index (χ0v) is 12.4. The van der Waals surface area contributed by atoms with Gasteiger partial charge in [0.25, 0.3) is 0 Å². The van der Waals surface area contributed by atoms with E-state index in [1.165, 1.54) is 32.1 Å². The van der Waals surface area contributed by atoms with Gasteiger partial charge >= 0.3 is 0 Å². The van der Waals surface area contributed by atoms with Gasteiger partial charge in [-0.1, -0.05) is 32.6 Å². The Balaban J connectivity index is 1.80. The molecule has 0 spiro atoms. The van der Waals surface area contributed by atoms with Crippen molar-refractivity contribution >= 4 is 5.69 Å². The molecule has 0 radical (unpaired) electrons. The van der Waals surface area contributed by atoms with Crippen LogP contribution >= 0.6 is 0 Å². The van der Waals surface area contributed by atoms with Gasteiger partial charge in [0.1, 0.15) is 0 Å². The summed E-state index contributed by atoms with van der Waals surface area (Å²) in [6.45, 7) is 5.41. The summed E-state index contributed by atoms with van der Waals surface area (Å²) in [5.41, 5.74) is 2.09. The van der Waals surface area contributed by atoms with Gasteiger partial charge in [0.2, 0.25) is 0 Å². The maximum atomic E-state index is 5.33. The Labute approximate surface area is 116 Å². The molecule has 3 nitrogen and oxygen atoms in total. The Morgan fingerprint density at radius 2 is 2.05 bits per heavy atom. The van der Waals surface area contributed by atoms with Crippen molar-refractivity contribution in [3.8, 4) is 5.75 Å². The number of pyridine rings is 1. The lowest BCUT2D eigenvalue weighted by molar-refractivity contribution is 0.282. The first-order valence-corrected chi connectivity index (χ1v) is 7.43. The molecule has 0 amide bonds. The van der Waals surface area contributed by atoms with Gasteiger partial charge in [-0.2, -0.15) is 0 Å². The Morgan fingerprint density at radius 1 is 1.32 bits per heavy atom. The molecule has 0 unspecified atom stereocenters. The topological polar surface area (TPSA) is 34.1 Å². The molecule has 1 saturated carbocycles. The first kappa shape index (κ1) is 14.2. The van der Waals surface area contributed by atoms with Crippen molar-refractivity contribution in [3.05, 3.63) is 18.0 Å². The van der Waals surface area contributed by atoms with Crippen LogP contribution < -0.4 is 10.1 Å². The maximum Gasteiger partial charge on any atom is 0.160 e. The molecule has 1 N–H and O–H groups in total. The molecule has 0 bridgehead atoms. The van der Waals surface area contributed by atoms with Crippen LogP contribution in [-0.2, 0) is 0 Å². The van der Waals surface area contributed by atoms with E-state index in [1.807, 2.05) is 6.92 Å². The second-order valence-electron chi connectivity index (χ2n) is 5.87. The lowest BCUT2D eigenvalue weighted by Crippen LogP contribution is -2.16. The van der Waals surface area contributed by atoms with Gasteiger partial charge < -0.3 is 10.1 Å². The van der Waals surface area contributed by atoms with Crippen LogP contribution in [-0.4, -0.2) is 18.6 Å². The lowest BCUT2D eigenvalue weighted by Gasteiger charge is -2.26. The molecule has 1 aliphatic rings. The number of rotatable bonds is 5. The quantitative estimate of drug-likeness (QED) is 0.870. The van der Waals surface area contributed by atoms with E-state index in [0.29, 0.717) is 0 Å². The third-order valence-corrected chi connectivity index (χ3v) is 4.23. The van der Waals surface area contributed by atoms with Crippen molar-refractivity contribution in [3.63, 3.8) is 0 Å². The smallest absolute Gasteiger partial charge is 0.160 e. The summed E-state index contributed by atoms with van der Waals surface area (Å²) in [6, 6.07) is 2.06. The molecule has 1 aromatic rings. The molecule has 0 aromatic carbocycles. The van der Waals surface area contributed by atoms with Gasteiger partial charge in [-0.15, -0.1) is 0 Å². The molecule has 0 atom stereocenters. The lowest BCUT2D eigenvalue weighted by atomic mass is 9.81. The average Bonchev–Trinajstić information content (AvgIpc) is 2.41. The first-order valence-electron chi connectivity index (χ1n) is 7.43. The number of aryl methyl sites for hydroxylation is 1. The van der Waals surface area contributed by atoms with Gasteiger partial charge in [0.15, 0.2) is 5.75 Å². The molecule has 106 valence electrons.